The van der Waals surface area contributed by atoms with Gasteiger partial charge in [0.2, 0.25) is 0 Å². The van der Waals surface area contributed by atoms with Crippen molar-refractivity contribution in [1.82, 2.24) is 0 Å². The van der Waals surface area contributed by atoms with E-state index in [2.05, 4.69) is 5.32 Å². The van der Waals surface area contributed by atoms with Crippen LogP contribution in [0.1, 0.15) is 24.5 Å². The summed E-state index contributed by atoms with van der Waals surface area (Å²) in [6, 6.07) is 5.95. The van der Waals surface area contributed by atoms with Gasteiger partial charge in [-0.05, 0) is 31.0 Å². The van der Waals surface area contributed by atoms with E-state index in [0.717, 1.165) is 29.8 Å². The summed E-state index contributed by atoms with van der Waals surface area (Å²) in [6.07, 6.45) is 2.59. The fourth-order valence-corrected chi connectivity index (χ4v) is 2.22. The molecule has 2 unspecified atom stereocenters. The molecule has 0 aliphatic rings. The first-order valence-corrected chi connectivity index (χ1v) is 7.91. The third-order valence-electron chi connectivity index (χ3n) is 2.87. The van der Waals surface area contributed by atoms with Gasteiger partial charge in [-0.1, -0.05) is 25.2 Å². The first-order chi connectivity index (χ1) is 8.41. The van der Waals surface area contributed by atoms with Crippen molar-refractivity contribution in [2.45, 2.75) is 25.5 Å². The molecule has 0 fully saturated rings. The highest BCUT2D eigenvalue weighted by atomic mass is 32.2. The van der Waals surface area contributed by atoms with E-state index >= 15 is 0 Å². The lowest BCUT2D eigenvalue weighted by Gasteiger charge is -2.14. The van der Waals surface area contributed by atoms with Crippen LogP contribution in [0.15, 0.2) is 18.2 Å². The summed E-state index contributed by atoms with van der Waals surface area (Å²) in [5.41, 5.74) is 8.66. The van der Waals surface area contributed by atoms with Crippen LogP contribution in [-0.4, -0.2) is 27.2 Å². The van der Waals surface area contributed by atoms with Gasteiger partial charge in [-0.2, -0.15) is 0 Å². The number of nitrogens with two attached hydrogens (primary N) is 1. The smallest absolute Gasteiger partial charge is 0.106 e. The van der Waals surface area contributed by atoms with Gasteiger partial charge in [-0.3, -0.25) is 4.21 Å². The largest absolute Gasteiger partial charge is 0.389 e. The van der Waals surface area contributed by atoms with E-state index in [-0.39, 0.29) is 5.25 Å². The summed E-state index contributed by atoms with van der Waals surface area (Å²) in [6.45, 7) is 4.78. The minimum atomic E-state index is -0.777. The van der Waals surface area contributed by atoms with Crippen LogP contribution in [0.3, 0.4) is 0 Å². The van der Waals surface area contributed by atoms with Crippen molar-refractivity contribution in [2.24, 2.45) is 5.73 Å². The quantitative estimate of drug-likeness (QED) is 0.786. The molecule has 0 spiro atoms. The van der Waals surface area contributed by atoms with Crippen molar-refractivity contribution in [3.8, 4) is 0 Å². The number of benzene rings is 1. The molecule has 100 valence electrons. The van der Waals surface area contributed by atoms with Crippen molar-refractivity contribution in [1.29, 1.82) is 0 Å². The number of anilines is 1. The maximum absolute atomic E-state index is 11.3. The molecule has 3 nitrogen and oxygen atoms in total. The van der Waals surface area contributed by atoms with Gasteiger partial charge in [-0.25, -0.2) is 0 Å². The van der Waals surface area contributed by atoms with E-state index in [1.54, 1.807) is 6.26 Å². The van der Waals surface area contributed by atoms with Crippen molar-refractivity contribution < 1.29 is 4.21 Å². The first-order valence-electron chi connectivity index (χ1n) is 5.88. The Bertz CT molecular complexity index is 460. The molecule has 0 aromatic heterocycles. The molecular formula is C13H20N2OS2. The molecule has 1 rings (SSSR count). The van der Waals surface area contributed by atoms with E-state index in [4.69, 9.17) is 18.0 Å². The zero-order valence-corrected chi connectivity index (χ0v) is 12.7. The van der Waals surface area contributed by atoms with Gasteiger partial charge < -0.3 is 11.1 Å². The highest BCUT2D eigenvalue weighted by Gasteiger charge is 2.08. The monoisotopic (exact) mass is 284 g/mol. The number of thiocarbonyl (C=S) groups is 1. The average Bonchev–Trinajstić information content (AvgIpc) is 2.28. The number of hydrogen-bond acceptors (Lipinski definition) is 3. The van der Waals surface area contributed by atoms with Crippen molar-refractivity contribution in [3.63, 3.8) is 0 Å². The summed E-state index contributed by atoms with van der Waals surface area (Å²) in [5, 5.41) is 3.51. The predicted molar refractivity (Wildman–Crippen MR) is 83.7 cm³/mol. The molecule has 5 heteroatoms. The van der Waals surface area contributed by atoms with E-state index < -0.39 is 10.8 Å². The van der Waals surface area contributed by atoms with Crippen LogP contribution in [0.25, 0.3) is 0 Å². The zero-order valence-electron chi connectivity index (χ0n) is 11.0. The molecule has 0 radical (unpaired) electrons. The molecule has 2 atom stereocenters. The van der Waals surface area contributed by atoms with Gasteiger partial charge in [0.05, 0.1) is 0 Å². The number of hydrogen-bond donors (Lipinski definition) is 2. The predicted octanol–water partition coefficient (Wildman–Crippen LogP) is 2.20. The molecule has 0 aliphatic heterocycles. The van der Waals surface area contributed by atoms with Crippen LogP contribution < -0.4 is 11.1 Å². The highest BCUT2D eigenvalue weighted by molar-refractivity contribution is 7.84. The second-order valence-electron chi connectivity index (χ2n) is 4.44. The van der Waals surface area contributed by atoms with Gasteiger partial charge in [0.25, 0.3) is 0 Å². The highest BCUT2D eigenvalue weighted by Crippen LogP contribution is 2.17. The van der Waals surface area contributed by atoms with Crippen molar-refractivity contribution in [2.75, 3.05) is 18.1 Å². The Morgan fingerprint density at radius 3 is 2.78 bits per heavy atom. The molecule has 0 saturated carbocycles. The second-order valence-corrected chi connectivity index (χ2v) is 6.68. The molecule has 0 bridgehead atoms. The third kappa shape index (κ3) is 4.38. The molecular weight excluding hydrogens is 264 g/mol. The van der Waals surface area contributed by atoms with Crippen LogP contribution in [0, 0.1) is 6.92 Å². The zero-order chi connectivity index (χ0) is 13.7. The Morgan fingerprint density at radius 2 is 2.22 bits per heavy atom. The Hall–Kier alpha value is -0.940. The molecule has 1 aromatic carbocycles. The first kappa shape index (κ1) is 15.1. The summed E-state index contributed by atoms with van der Waals surface area (Å²) in [4.78, 5) is 0.393. The van der Waals surface area contributed by atoms with E-state index in [1.807, 2.05) is 32.0 Å². The SMILES string of the molecule is Cc1ccc(C(N)=S)c(NCCC(C)S(C)=O)c1. The van der Waals surface area contributed by atoms with Crippen LogP contribution in [-0.2, 0) is 10.8 Å². The Labute approximate surface area is 117 Å². The third-order valence-corrected chi connectivity index (χ3v) is 4.46. The molecule has 18 heavy (non-hydrogen) atoms. The minimum absolute atomic E-state index is 0.190. The summed E-state index contributed by atoms with van der Waals surface area (Å²) in [5.74, 6) is 0. The van der Waals surface area contributed by atoms with E-state index in [1.165, 1.54) is 0 Å². The number of nitrogens with one attached hydrogen (secondary N) is 1. The Balaban J connectivity index is 2.69. The van der Waals surface area contributed by atoms with Crippen LogP contribution in [0.5, 0.6) is 0 Å². The molecule has 3 N–H and O–H groups in total. The standard InChI is InChI=1S/C13H20N2OS2/c1-9-4-5-11(13(14)17)12(8-9)15-7-6-10(2)18(3)16/h4-5,8,10,15H,6-7H2,1-3H3,(H2,14,17). The minimum Gasteiger partial charge on any atom is -0.389 e. The molecule has 0 saturated heterocycles. The number of rotatable bonds is 6. The van der Waals surface area contributed by atoms with Crippen LogP contribution in [0.2, 0.25) is 0 Å². The van der Waals surface area contributed by atoms with Crippen LogP contribution in [0.4, 0.5) is 5.69 Å². The molecule has 0 aliphatic carbocycles. The Morgan fingerprint density at radius 1 is 1.56 bits per heavy atom. The lowest BCUT2D eigenvalue weighted by Crippen LogP contribution is -2.17. The topological polar surface area (TPSA) is 55.1 Å². The second kappa shape index (κ2) is 6.85. The number of aryl methyl sites for hydroxylation is 1. The maximum Gasteiger partial charge on any atom is 0.106 e. The van der Waals surface area contributed by atoms with E-state index in [9.17, 15) is 4.21 Å². The van der Waals surface area contributed by atoms with Crippen molar-refractivity contribution >= 4 is 33.7 Å². The molecule has 0 amide bonds. The fraction of sp³-hybridized carbons (Fsp3) is 0.462. The molecule has 0 heterocycles. The average molecular weight is 284 g/mol. The van der Waals surface area contributed by atoms with Gasteiger partial charge in [0.15, 0.2) is 0 Å². The normalized spacial score (nSPS) is 13.9. The summed E-state index contributed by atoms with van der Waals surface area (Å²) in [7, 11) is -0.777. The Kier molecular flexibility index (Phi) is 5.75. The van der Waals surface area contributed by atoms with Gasteiger partial charge >= 0.3 is 0 Å². The lowest BCUT2D eigenvalue weighted by atomic mass is 10.1. The van der Waals surface area contributed by atoms with Gasteiger partial charge in [-0.15, -0.1) is 0 Å². The lowest BCUT2D eigenvalue weighted by molar-refractivity contribution is 0.672. The fourth-order valence-electron chi connectivity index (χ4n) is 1.60. The van der Waals surface area contributed by atoms with Crippen molar-refractivity contribution in [3.05, 3.63) is 29.3 Å². The molecule has 1 aromatic rings. The summed E-state index contributed by atoms with van der Waals surface area (Å²) >= 11 is 5.03. The van der Waals surface area contributed by atoms with Gasteiger partial charge in [0, 0.05) is 40.1 Å². The van der Waals surface area contributed by atoms with E-state index in [0.29, 0.717) is 4.99 Å². The maximum atomic E-state index is 11.3. The van der Waals surface area contributed by atoms with Gasteiger partial charge in [0.1, 0.15) is 4.99 Å². The summed E-state index contributed by atoms with van der Waals surface area (Å²) < 4.78 is 11.3. The van der Waals surface area contributed by atoms with Crippen LogP contribution >= 0.6 is 12.2 Å².